The number of benzene rings is 1. The van der Waals surface area contributed by atoms with E-state index in [9.17, 15) is 13.2 Å². The van der Waals surface area contributed by atoms with Crippen LogP contribution in [0.2, 0.25) is 0 Å². The van der Waals surface area contributed by atoms with Gasteiger partial charge in [0.05, 0.1) is 5.56 Å². The van der Waals surface area contributed by atoms with E-state index in [0.717, 1.165) is 37.5 Å². The van der Waals surface area contributed by atoms with Crippen LogP contribution < -0.4 is 10.2 Å². The second-order valence-electron chi connectivity index (χ2n) is 5.30. The Hall–Kier alpha value is -1.23. The molecule has 1 fully saturated rings. The maximum Gasteiger partial charge on any atom is 0.416 e. The second kappa shape index (κ2) is 5.41. The number of hydrogen-bond donors (Lipinski definition) is 1. The molecule has 0 saturated carbocycles. The molecule has 0 bridgehead atoms. The van der Waals surface area contributed by atoms with E-state index in [1.807, 2.05) is 0 Å². The number of rotatable bonds is 2. The minimum atomic E-state index is -4.26. The molecule has 1 aromatic carbocycles. The standard InChI is InChI=1S/C14H19F3N2/c1-10(2)13-9-19(8-7-18-13)12-5-3-11(4-6-12)14(15,16)17/h3-6,10,13,18H,7-9H2,1-2H3. The van der Waals surface area contributed by atoms with Crippen LogP contribution in [0.5, 0.6) is 0 Å². The average Bonchev–Trinajstić information content (AvgIpc) is 2.38. The largest absolute Gasteiger partial charge is 0.416 e. The lowest BCUT2D eigenvalue weighted by Crippen LogP contribution is -2.52. The van der Waals surface area contributed by atoms with Crippen LogP contribution in [0.4, 0.5) is 18.9 Å². The van der Waals surface area contributed by atoms with Gasteiger partial charge in [-0.05, 0) is 30.2 Å². The molecule has 1 heterocycles. The molecular weight excluding hydrogens is 253 g/mol. The number of nitrogens with one attached hydrogen (secondary N) is 1. The first kappa shape index (κ1) is 14.2. The van der Waals surface area contributed by atoms with Crippen LogP contribution in [-0.2, 0) is 6.18 Å². The van der Waals surface area contributed by atoms with Crippen LogP contribution in [0.15, 0.2) is 24.3 Å². The highest BCUT2D eigenvalue weighted by Gasteiger charge is 2.30. The van der Waals surface area contributed by atoms with Crippen molar-refractivity contribution in [3.05, 3.63) is 29.8 Å². The molecular formula is C14H19F3N2. The monoisotopic (exact) mass is 272 g/mol. The minimum Gasteiger partial charge on any atom is -0.369 e. The molecule has 0 radical (unpaired) electrons. The molecule has 106 valence electrons. The Balaban J connectivity index is 2.10. The zero-order chi connectivity index (χ0) is 14.0. The molecule has 0 amide bonds. The van der Waals surface area contributed by atoms with E-state index in [1.165, 1.54) is 0 Å². The maximum atomic E-state index is 12.5. The van der Waals surface area contributed by atoms with Crippen LogP contribution in [0.25, 0.3) is 0 Å². The maximum absolute atomic E-state index is 12.5. The summed E-state index contributed by atoms with van der Waals surface area (Å²) in [5, 5.41) is 3.43. The lowest BCUT2D eigenvalue weighted by atomic mass is 10.0. The Morgan fingerprint density at radius 3 is 2.37 bits per heavy atom. The Bertz CT molecular complexity index is 412. The summed E-state index contributed by atoms with van der Waals surface area (Å²) < 4.78 is 37.5. The van der Waals surface area contributed by atoms with Gasteiger partial charge in [-0.2, -0.15) is 13.2 Å². The SMILES string of the molecule is CC(C)C1CN(c2ccc(C(F)(F)F)cc2)CCN1. The molecule has 1 unspecified atom stereocenters. The molecule has 1 saturated heterocycles. The van der Waals surface area contributed by atoms with Crippen molar-refractivity contribution in [1.82, 2.24) is 5.32 Å². The molecule has 2 rings (SSSR count). The highest BCUT2D eigenvalue weighted by Crippen LogP contribution is 2.30. The van der Waals surface area contributed by atoms with E-state index in [4.69, 9.17) is 0 Å². The fraction of sp³-hybridized carbons (Fsp3) is 0.571. The summed E-state index contributed by atoms with van der Waals surface area (Å²) in [7, 11) is 0. The van der Waals surface area contributed by atoms with Gasteiger partial charge in [0.25, 0.3) is 0 Å². The summed E-state index contributed by atoms with van der Waals surface area (Å²) in [6.07, 6.45) is -4.26. The highest BCUT2D eigenvalue weighted by atomic mass is 19.4. The molecule has 1 aliphatic heterocycles. The number of alkyl halides is 3. The summed E-state index contributed by atoms with van der Waals surface area (Å²) in [6, 6.07) is 5.82. The second-order valence-corrected chi connectivity index (χ2v) is 5.30. The van der Waals surface area contributed by atoms with Crippen molar-refractivity contribution in [3.63, 3.8) is 0 Å². The van der Waals surface area contributed by atoms with Gasteiger partial charge < -0.3 is 10.2 Å². The van der Waals surface area contributed by atoms with Gasteiger partial charge in [-0.1, -0.05) is 13.8 Å². The van der Waals surface area contributed by atoms with Gasteiger partial charge in [0.2, 0.25) is 0 Å². The number of nitrogens with zero attached hydrogens (tertiary/aromatic N) is 1. The summed E-state index contributed by atoms with van der Waals surface area (Å²) in [6.45, 7) is 6.82. The van der Waals surface area contributed by atoms with E-state index >= 15 is 0 Å². The zero-order valence-corrected chi connectivity index (χ0v) is 11.2. The number of hydrogen-bond acceptors (Lipinski definition) is 2. The van der Waals surface area contributed by atoms with E-state index in [0.29, 0.717) is 12.0 Å². The van der Waals surface area contributed by atoms with Gasteiger partial charge in [0.15, 0.2) is 0 Å². The number of anilines is 1. The lowest BCUT2D eigenvalue weighted by Gasteiger charge is -2.37. The predicted octanol–water partition coefficient (Wildman–Crippen LogP) is 3.14. The van der Waals surface area contributed by atoms with Crippen LogP contribution in [0.3, 0.4) is 0 Å². The number of piperazine rings is 1. The lowest BCUT2D eigenvalue weighted by molar-refractivity contribution is -0.137. The molecule has 0 spiro atoms. The van der Waals surface area contributed by atoms with Gasteiger partial charge in [-0.3, -0.25) is 0 Å². The van der Waals surface area contributed by atoms with E-state index in [2.05, 4.69) is 24.1 Å². The van der Waals surface area contributed by atoms with Crippen molar-refractivity contribution in [1.29, 1.82) is 0 Å². The van der Waals surface area contributed by atoms with Crippen molar-refractivity contribution < 1.29 is 13.2 Å². The highest BCUT2D eigenvalue weighted by molar-refractivity contribution is 5.48. The third-order valence-corrected chi connectivity index (χ3v) is 3.57. The van der Waals surface area contributed by atoms with Gasteiger partial charge in [-0.15, -0.1) is 0 Å². The quantitative estimate of drug-likeness (QED) is 0.889. The first-order valence-corrected chi connectivity index (χ1v) is 6.53. The Labute approximate surface area is 111 Å². The van der Waals surface area contributed by atoms with Crippen molar-refractivity contribution in [3.8, 4) is 0 Å². The molecule has 1 N–H and O–H groups in total. The minimum absolute atomic E-state index is 0.385. The van der Waals surface area contributed by atoms with Crippen LogP contribution in [0, 0.1) is 5.92 Å². The average molecular weight is 272 g/mol. The normalized spacial score (nSPS) is 20.9. The van der Waals surface area contributed by atoms with Crippen molar-refractivity contribution in [2.24, 2.45) is 5.92 Å². The summed E-state index contributed by atoms with van der Waals surface area (Å²) >= 11 is 0. The fourth-order valence-corrected chi connectivity index (χ4v) is 2.32. The topological polar surface area (TPSA) is 15.3 Å². The van der Waals surface area contributed by atoms with Gasteiger partial charge in [-0.25, -0.2) is 0 Å². The Morgan fingerprint density at radius 1 is 1.21 bits per heavy atom. The zero-order valence-electron chi connectivity index (χ0n) is 11.2. The van der Waals surface area contributed by atoms with Crippen LogP contribution >= 0.6 is 0 Å². The molecule has 1 aromatic rings. The Kier molecular flexibility index (Phi) is 4.04. The van der Waals surface area contributed by atoms with Gasteiger partial charge in [0.1, 0.15) is 0 Å². The first-order chi connectivity index (χ1) is 8.88. The number of halogens is 3. The van der Waals surface area contributed by atoms with E-state index in [-0.39, 0.29) is 0 Å². The van der Waals surface area contributed by atoms with Crippen molar-refractivity contribution in [2.75, 3.05) is 24.5 Å². The van der Waals surface area contributed by atoms with Crippen molar-refractivity contribution in [2.45, 2.75) is 26.1 Å². The third kappa shape index (κ3) is 3.41. The molecule has 19 heavy (non-hydrogen) atoms. The molecule has 0 aromatic heterocycles. The first-order valence-electron chi connectivity index (χ1n) is 6.53. The van der Waals surface area contributed by atoms with E-state index in [1.54, 1.807) is 12.1 Å². The summed E-state index contributed by atoms with van der Waals surface area (Å²) in [5.74, 6) is 0.511. The fourth-order valence-electron chi connectivity index (χ4n) is 2.32. The summed E-state index contributed by atoms with van der Waals surface area (Å²) in [5.41, 5.74) is 0.270. The molecule has 5 heteroatoms. The molecule has 1 aliphatic rings. The third-order valence-electron chi connectivity index (χ3n) is 3.57. The smallest absolute Gasteiger partial charge is 0.369 e. The molecule has 0 aliphatic carbocycles. The molecule has 1 atom stereocenters. The van der Waals surface area contributed by atoms with Crippen LogP contribution in [-0.4, -0.2) is 25.7 Å². The summed E-state index contributed by atoms with van der Waals surface area (Å²) in [4.78, 5) is 2.14. The van der Waals surface area contributed by atoms with Gasteiger partial charge in [0, 0.05) is 31.4 Å². The molecule has 2 nitrogen and oxygen atoms in total. The van der Waals surface area contributed by atoms with E-state index < -0.39 is 11.7 Å². The Morgan fingerprint density at radius 2 is 1.84 bits per heavy atom. The van der Waals surface area contributed by atoms with Crippen molar-refractivity contribution >= 4 is 5.69 Å². The van der Waals surface area contributed by atoms with Crippen LogP contribution in [0.1, 0.15) is 19.4 Å². The van der Waals surface area contributed by atoms with Gasteiger partial charge >= 0.3 is 6.18 Å². The predicted molar refractivity (Wildman–Crippen MR) is 70.3 cm³/mol.